The van der Waals surface area contributed by atoms with Crippen LogP contribution in [0.3, 0.4) is 0 Å². The molecule has 0 N–H and O–H groups in total. The molecular weight excluding hydrogens is 382 g/mol. The topological polar surface area (TPSA) is 15.7 Å². The molecule has 0 bridgehead atoms. The lowest BCUT2D eigenvalue weighted by Gasteiger charge is -2.36. The highest BCUT2D eigenvalue weighted by Crippen LogP contribution is 2.29. The first-order chi connectivity index (χ1) is 13.2. The zero-order valence-corrected chi connectivity index (χ0v) is 16.8. The minimum Gasteiger partial charge on any atom is -0.490 e. The predicted octanol–water partition coefficient (Wildman–Crippen LogP) is 4.47. The van der Waals surface area contributed by atoms with Gasteiger partial charge in [-0.1, -0.05) is 0 Å². The number of halogens is 3. The molecule has 3 nitrogen and oxygen atoms in total. The Morgan fingerprint density at radius 2 is 1.57 bits per heavy atom. The Hall–Kier alpha value is -1.85. The van der Waals surface area contributed by atoms with Gasteiger partial charge in [0.2, 0.25) is 0 Å². The van der Waals surface area contributed by atoms with E-state index < -0.39 is 0 Å². The second kappa shape index (κ2) is 9.57. The molecule has 6 heteroatoms. The van der Waals surface area contributed by atoms with Crippen molar-refractivity contribution in [3.05, 3.63) is 59.2 Å². The highest BCUT2D eigenvalue weighted by atomic mass is 35.5. The zero-order valence-electron chi connectivity index (χ0n) is 16.0. The molecule has 0 radical (unpaired) electrons. The molecule has 0 spiro atoms. The minimum atomic E-state index is -0.233. The van der Waals surface area contributed by atoms with Gasteiger partial charge in [-0.2, -0.15) is 0 Å². The first-order valence-electron chi connectivity index (χ1n) is 9.86. The second-order valence-corrected chi connectivity index (χ2v) is 7.41. The molecule has 2 aromatic rings. The Bertz CT molecular complexity index is 777. The molecule has 0 saturated carbocycles. The molecule has 1 heterocycles. The molecule has 1 aliphatic heterocycles. The maximum atomic E-state index is 14.1. The van der Waals surface area contributed by atoms with Crippen molar-refractivity contribution in [2.75, 3.05) is 44.2 Å². The van der Waals surface area contributed by atoms with Crippen LogP contribution in [0.15, 0.2) is 36.4 Å². The Morgan fingerprint density at radius 1 is 0.893 bits per heavy atom. The molecule has 0 unspecified atom stereocenters. The molecule has 0 atom stereocenters. The fourth-order valence-electron chi connectivity index (χ4n) is 4.03. The van der Waals surface area contributed by atoms with Gasteiger partial charge >= 0.3 is 0 Å². The van der Waals surface area contributed by atoms with Gasteiger partial charge < -0.3 is 9.64 Å². The van der Waals surface area contributed by atoms with Gasteiger partial charge in [0.1, 0.15) is 5.82 Å². The number of hydrogen-bond acceptors (Lipinski definition) is 3. The summed E-state index contributed by atoms with van der Waals surface area (Å²) in [5.41, 5.74) is 3.45. The van der Waals surface area contributed by atoms with Gasteiger partial charge in [0.15, 0.2) is 11.6 Å². The van der Waals surface area contributed by atoms with E-state index in [2.05, 4.69) is 9.80 Å². The van der Waals surface area contributed by atoms with Gasteiger partial charge in [-0.05, 0) is 73.2 Å². The Kier molecular flexibility index (Phi) is 7.13. The number of rotatable bonds is 6. The lowest BCUT2D eigenvalue weighted by Crippen LogP contribution is -2.46. The van der Waals surface area contributed by atoms with Crippen LogP contribution in [0.4, 0.5) is 14.5 Å². The Balaban J connectivity index is 0.00000225. The van der Waals surface area contributed by atoms with Gasteiger partial charge in [0.05, 0.1) is 6.61 Å². The first-order valence-corrected chi connectivity index (χ1v) is 9.86. The number of hydrogen-bond donors (Lipinski definition) is 0. The smallest absolute Gasteiger partial charge is 0.165 e. The van der Waals surface area contributed by atoms with E-state index in [-0.39, 0.29) is 24.0 Å². The van der Waals surface area contributed by atoms with E-state index in [0.717, 1.165) is 69.7 Å². The molecule has 1 aliphatic carbocycles. The standard InChI is InChI=1S/C22H26F2N2O.ClH/c23-19-5-7-20(8-6-19)26-12-10-25(11-13-26)9-2-14-27-22-16-18-4-1-3-17(18)15-21(22)24;/h5-8,15-16H,1-4,9-14H2;1H. The van der Waals surface area contributed by atoms with Gasteiger partial charge in [0, 0.05) is 38.4 Å². The summed E-state index contributed by atoms with van der Waals surface area (Å²) in [6.07, 6.45) is 4.01. The summed E-state index contributed by atoms with van der Waals surface area (Å²) in [6, 6.07) is 10.2. The third kappa shape index (κ3) is 4.95. The lowest BCUT2D eigenvalue weighted by molar-refractivity contribution is 0.221. The number of fused-ring (bicyclic) bond motifs is 1. The molecule has 152 valence electrons. The highest BCUT2D eigenvalue weighted by Gasteiger charge is 2.18. The van der Waals surface area contributed by atoms with Crippen LogP contribution in [0.5, 0.6) is 5.75 Å². The van der Waals surface area contributed by atoms with Crippen molar-refractivity contribution in [3.8, 4) is 5.75 Å². The van der Waals surface area contributed by atoms with Crippen LogP contribution >= 0.6 is 12.4 Å². The third-order valence-electron chi connectivity index (χ3n) is 5.59. The number of ether oxygens (including phenoxy) is 1. The van der Waals surface area contributed by atoms with Gasteiger partial charge in [-0.15, -0.1) is 12.4 Å². The number of benzene rings is 2. The molecule has 4 rings (SSSR count). The molecular formula is C22H27ClF2N2O. The average Bonchev–Trinajstić information content (AvgIpc) is 3.13. The fourth-order valence-corrected chi connectivity index (χ4v) is 4.03. The van der Waals surface area contributed by atoms with E-state index in [0.29, 0.717) is 12.4 Å². The molecule has 1 saturated heterocycles. The maximum Gasteiger partial charge on any atom is 0.165 e. The number of anilines is 1. The normalized spacial score (nSPS) is 16.6. The van der Waals surface area contributed by atoms with Crippen molar-refractivity contribution in [2.45, 2.75) is 25.7 Å². The Labute approximate surface area is 171 Å². The number of nitrogens with zero attached hydrogens (tertiary/aromatic N) is 2. The van der Waals surface area contributed by atoms with Gasteiger partial charge in [-0.3, -0.25) is 4.90 Å². The van der Waals surface area contributed by atoms with E-state index >= 15 is 0 Å². The highest BCUT2D eigenvalue weighted by molar-refractivity contribution is 5.85. The van der Waals surface area contributed by atoms with Crippen LogP contribution in [0, 0.1) is 11.6 Å². The molecule has 2 aliphatic rings. The summed E-state index contributed by atoms with van der Waals surface area (Å²) in [6.45, 7) is 5.31. The van der Waals surface area contributed by atoms with Crippen LogP contribution in [-0.4, -0.2) is 44.2 Å². The van der Waals surface area contributed by atoms with Crippen molar-refractivity contribution in [3.63, 3.8) is 0 Å². The lowest BCUT2D eigenvalue weighted by atomic mass is 10.1. The van der Waals surface area contributed by atoms with E-state index in [1.807, 2.05) is 18.2 Å². The minimum absolute atomic E-state index is 0. The monoisotopic (exact) mass is 408 g/mol. The summed E-state index contributed by atoms with van der Waals surface area (Å²) >= 11 is 0. The quantitative estimate of drug-likeness (QED) is 0.656. The van der Waals surface area contributed by atoms with Crippen LogP contribution in [0.2, 0.25) is 0 Å². The molecule has 2 aromatic carbocycles. The largest absolute Gasteiger partial charge is 0.490 e. The van der Waals surface area contributed by atoms with Crippen molar-refractivity contribution in [1.82, 2.24) is 4.90 Å². The van der Waals surface area contributed by atoms with Gasteiger partial charge in [-0.25, -0.2) is 8.78 Å². The molecule has 0 amide bonds. The predicted molar refractivity (Wildman–Crippen MR) is 111 cm³/mol. The summed E-state index contributed by atoms with van der Waals surface area (Å²) in [5, 5.41) is 0. The second-order valence-electron chi connectivity index (χ2n) is 7.41. The SMILES string of the molecule is Cl.Fc1ccc(N2CCN(CCCOc3cc4c(cc3F)CCC4)CC2)cc1. The number of aryl methyl sites for hydroxylation is 2. The van der Waals surface area contributed by atoms with Crippen molar-refractivity contribution in [1.29, 1.82) is 0 Å². The summed E-state index contributed by atoms with van der Waals surface area (Å²) < 4.78 is 32.8. The number of piperazine rings is 1. The maximum absolute atomic E-state index is 14.1. The first kappa shape index (κ1) is 20.9. The van der Waals surface area contributed by atoms with E-state index in [9.17, 15) is 8.78 Å². The van der Waals surface area contributed by atoms with Crippen LogP contribution in [0.1, 0.15) is 24.0 Å². The van der Waals surface area contributed by atoms with E-state index in [4.69, 9.17) is 4.74 Å². The van der Waals surface area contributed by atoms with Crippen LogP contribution < -0.4 is 9.64 Å². The summed E-state index contributed by atoms with van der Waals surface area (Å²) in [5.74, 6) is -0.0301. The van der Waals surface area contributed by atoms with Gasteiger partial charge in [0.25, 0.3) is 0 Å². The summed E-state index contributed by atoms with van der Waals surface area (Å²) in [7, 11) is 0. The van der Waals surface area contributed by atoms with Crippen molar-refractivity contribution < 1.29 is 13.5 Å². The molecule has 1 fully saturated rings. The van der Waals surface area contributed by atoms with Crippen LogP contribution in [-0.2, 0) is 12.8 Å². The van der Waals surface area contributed by atoms with Crippen LogP contribution in [0.25, 0.3) is 0 Å². The van der Waals surface area contributed by atoms with Crippen molar-refractivity contribution >= 4 is 18.1 Å². The summed E-state index contributed by atoms with van der Waals surface area (Å²) in [4.78, 5) is 4.69. The third-order valence-corrected chi connectivity index (χ3v) is 5.59. The average molecular weight is 409 g/mol. The molecule has 28 heavy (non-hydrogen) atoms. The van der Waals surface area contributed by atoms with Crippen molar-refractivity contribution in [2.24, 2.45) is 0 Å². The Morgan fingerprint density at radius 3 is 2.29 bits per heavy atom. The zero-order chi connectivity index (χ0) is 18.6. The van der Waals surface area contributed by atoms with E-state index in [1.165, 1.54) is 17.7 Å². The van der Waals surface area contributed by atoms with E-state index in [1.54, 1.807) is 6.07 Å². The molecule has 0 aromatic heterocycles. The fraction of sp³-hybridized carbons (Fsp3) is 0.455.